The Kier molecular flexibility index (Phi) is 4.73. The zero-order chi connectivity index (χ0) is 10.5. The first-order valence-corrected chi connectivity index (χ1v) is 4.58. The van der Waals surface area contributed by atoms with E-state index in [1.807, 2.05) is 6.92 Å². The Morgan fingerprint density at radius 3 is 2.38 bits per heavy atom. The summed E-state index contributed by atoms with van der Waals surface area (Å²) >= 11 is 0. The molecule has 78 valence electrons. The molecule has 0 aliphatic carbocycles. The van der Waals surface area contributed by atoms with Crippen LogP contribution in [0, 0.1) is 21.4 Å². The molecule has 0 spiro atoms. The van der Waals surface area contributed by atoms with Gasteiger partial charge in [0, 0.05) is 0 Å². The quantitative estimate of drug-likeness (QED) is 0.493. The molecule has 4 heteroatoms. The second kappa shape index (κ2) is 5.04. The van der Waals surface area contributed by atoms with Gasteiger partial charge >= 0.3 is 0 Å². The van der Waals surface area contributed by atoms with Crippen molar-refractivity contribution in [1.29, 1.82) is 0 Å². The fourth-order valence-corrected chi connectivity index (χ4v) is 0.951. The lowest BCUT2D eigenvalue weighted by molar-refractivity contribution is -0.759. The van der Waals surface area contributed by atoms with Crippen molar-refractivity contribution in [3.8, 4) is 0 Å². The fourth-order valence-electron chi connectivity index (χ4n) is 0.951. The Balaban J connectivity index is 3.52. The van der Waals surface area contributed by atoms with Crippen molar-refractivity contribution in [3.05, 3.63) is 10.1 Å². The van der Waals surface area contributed by atoms with Crippen molar-refractivity contribution in [3.63, 3.8) is 0 Å². The van der Waals surface area contributed by atoms with E-state index in [0.717, 1.165) is 12.8 Å². The highest BCUT2D eigenvalue weighted by atomic mass is 16.9. The van der Waals surface area contributed by atoms with Gasteiger partial charge in [-0.15, -0.1) is 10.1 Å². The minimum Gasteiger partial charge on any atom is -0.314 e. The number of rotatable bonds is 5. The van der Waals surface area contributed by atoms with Gasteiger partial charge in [0.2, 0.25) is 0 Å². The van der Waals surface area contributed by atoms with Crippen molar-refractivity contribution in [2.24, 2.45) is 11.3 Å². The molecule has 0 saturated heterocycles. The largest absolute Gasteiger partial charge is 0.314 e. The average molecular weight is 189 g/mol. The normalized spacial score (nSPS) is 13.8. The standard InChI is InChI=1S/C9H19NO3/c1-8(7-13-10(11)12)5-6-9(2,3)4/h8H,5-7H2,1-4H3. The number of nitrogens with zero attached hydrogens (tertiary/aromatic N) is 1. The summed E-state index contributed by atoms with van der Waals surface area (Å²) in [6.45, 7) is 8.66. The first kappa shape index (κ1) is 12.2. The van der Waals surface area contributed by atoms with E-state index in [2.05, 4.69) is 25.6 Å². The lowest BCUT2D eigenvalue weighted by atomic mass is 9.87. The van der Waals surface area contributed by atoms with E-state index in [-0.39, 0.29) is 12.5 Å². The van der Waals surface area contributed by atoms with Crippen LogP contribution >= 0.6 is 0 Å². The lowest BCUT2D eigenvalue weighted by Crippen LogP contribution is -2.13. The molecule has 0 aliphatic heterocycles. The van der Waals surface area contributed by atoms with Crippen LogP contribution in [0.3, 0.4) is 0 Å². The summed E-state index contributed by atoms with van der Waals surface area (Å²) < 4.78 is 0. The van der Waals surface area contributed by atoms with E-state index >= 15 is 0 Å². The lowest BCUT2D eigenvalue weighted by Gasteiger charge is -2.20. The van der Waals surface area contributed by atoms with Crippen LogP contribution in [0.5, 0.6) is 0 Å². The van der Waals surface area contributed by atoms with E-state index in [1.165, 1.54) is 0 Å². The zero-order valence-corrected chi connectivity index (χ0v) is 8.87. The molecule has 0 aromatic rings. The highest BCUT2D eigenvalue weighted by Crippen LogP contribution is 2.23. The summed E-state index contributed by atoms with van der Waals surface area (Å²) in [5.74, 6) is 0.254. The predicted octanol–water partition coefficient (Wildman–Crippen LogP) is 2.66. The van der Waals surface area contributed by atoms with Crippen LogP contribution in [0.4, 0.5) is 0 Å². The van der Waals surface area contributed by atoms with Gasteiger partial charge < -0.3 is 4.84 Å². The van der Waals surface area contributed by atoms with Crippen LogP contribution in [0.15, 0.2) is 0 Å². The molecule has 1 atom stereocenters. The highest BCUT2D eigenvalue weighted by molar-refractivity contribution is 4.63. The van der Waals surface area contributed by atoms with Crippen LogP contribution in [-0.4, -0.2) is 11.7 Å². The Morgan fingerprint density at radius 1 is 1.46 bits per heavy atom. The average Bonchev–Trinajstić information content (AvgIpc) is 1.95. The van der Waals surface area contributed by atoms with E-state index in [0.29, 0.717) is 5.41 Å². The number of hydrogen-bond acceptors (Lipinski definition) is 3. The minimum atomic E-state index is -0.729. The smallest absolute Gasteiger partial charge is 0.294 e. The molecule has 0 fully saturated rings. The number of hydrogen-bond donors (Lipinski definition) is 0. The molecule has 0 radical (unpaired) electrons. The molecule has 0 rings (SSSR count). The van der Waals surface area contributed by atoms with Crippen molar-refractivity contribution < 1.29 is 9.92 Å². The topological polar surface area (TPSA) is 52.4 Å². The van der Waals surface area contributed by atoms with Crippen molar-refractivity contribution in [2.75, 3.05) is 6.61 Å². The Labute approximate surface area is 79.4 Å². The Bertz CT molecular complexity index is 163. The summed E-state index contributed by atoms with van der Waals surface area (Å²) in [7, 11) is 0. The van der Waals surface area contributed by atoms with Crippen LogP contribution in [0.2, 0.25) is 0 Å². The SMILES string of the molecule is CC(CCC(C)(C)C)CO[N+](=O)[O-]. The molecule has 0 N–H and O–H groups in total. The molecule has 0 bridgehead atoms. The summed E-state index contributed by atoms with van der Waals surface area (Å²) in [5, 5.41) is 9.16. The van der Waals surface area contributed by atoms with E-state index < -0.39 is 5.09 Å². The summed E-state index contributed by atoms with van der Waals surface area (Å²) in [6, 6.07) is 0. The third kappa shape index (κ3) is 9.11. The van der Waals surface area contributed by atoms with Crippen molar-refractivity contribution >= 4 is 0 Å². The third-order valence-electron chi connectivity index (χ3n) is 1.85. The van der Waals surface area contributed by atoms with Crippen LogP contribution in [0.25, 0.3) is 0 Å². The summed E-state index contributed by atoms with van der Waals surface area (Å²) in [6.07, 6.45) is 2.03. The molecular weight excluding hydrogens is 170 g/mol. The van der Waals surface area contributed by atoms with Gasteiger partial charge in [0.1, 0.15) is 0 Å². The second-order valence-corrected chi connectivity index (χ2v) is 4.72. The van der Waals surface area contributed by atoms with Gasteiger partial charge in [-0.05, 0) is 24.2 Å². The fraction of sp³-hybridized carbons (Fsp3) is 1.00. The molecular formula is C9H19NO3. The molecule has 0 saturated carbocycles. The maximum Gasteiger partial charge on any atom is 0.294 e. The van der Waals surface area contributed by atoms with Gasteiger partial charge in [0.15, 0.2) is 0 Å². The highest BCUT2D eigenvalue weighted by Gasteiger charge is 2.13. The molecule has 1 unspecified atom stereocenters. The van der Waals surface area contributed by atoms with Gasteiger partial charge in [0.05, 0.1) is 6.61 Å². The molecule has 0 amide bonds. The summed E-state index contributed by atoms with van der Waals surface area (Å²) in [4.78, 5) is 14.2. The minimum absolute atomic E-state index is 0.211. The molecule has 0 aromatic heterocycles. The second-order valence-electron chi connectivity index (χ2n) is 4.72. The van der Waals surface area contributed by atoms with Gasteiger partial charge in [-0.25, -0.2) is 0 Å². The molecule has 0 aliphatic rings. The van der Waals surface area contributed by atoms with Gasteiger partial charge in [-0.3, -0.25) is 0 Å². The Hall–Kier alpha value is -0.800. The van der Waals surface area contributed by atoms with Crippen LogP contribution in [0.1, 0.15) is 40.5 Å². The molecule has 4 nitrogen and oxygen atoms in total. The maximum absolute atomic E-state index is 9.89. The molecule has 0 aromatic carbocycles. The maximum atomic E-state index is 9.89. The first-order chi connectivity index (χ1) is 5.81. The van der Waals surface area contributed by atoms with Crippen molar-refractivity contribution in [2.45, 2.75) is 40.5 Å². The predicted molar refractivity (Wildman–Crippen MR) is 50.8 cm³/mol. The van der Waals surface area contributed by atoms with Crippen LogP contribution < -0.4 is 0 Å². The monoisotopic (exact) mass is 189 g/mol. The van der Waals surface area contributed by atoms with E-state index in [9.17, 15) is 10.1 Å². The van der Waals surface area contributed by atoms with E-state index in [1.54, 1.807) is 0 Å². The van der Waals surface area contributed by atoms with Gasteiger partial charge in [0.25, 0.3) is 5.09 Å². The van der Waals surface area contributed by atoms with Crippen LogP contribution in [-0.2, 0) is 4.84 Å². The van der Waals surface area contributed by atoms with Crippen molar-refractivity contribution in [1.82, 2.24) is 0 Å². The van der Waals surface area contributed by atoms with E-state index in [4.69, 9.17) is 0 Å². The Morgan fingerprint density at radius 2 is 2.00 bits per heavy atom. The van der Waals surface area contributed by atoms with Gasteiger partial charge in [-0.1, -0.05) is 27.7 Å². The third-order valence-corrected chi connectivity index (χ3v) is 1.85. The zero-order valence-electron chi connectivity index (χ0n) is 8.87. The molecule has 0 heterocycles. The van der Waals surface area contributed by atoms with Gasteiger partial charge in [-0.2, -0.15) is 0 Å². The summed E-state index contributed by atoms with van der Waals surface area (Å²) in [5.41, 5.74) is 0.295. The molecule has 13 heavy (non-hydrogen) atoms. The first-order valence-electron chi connectivity index (χ1n) is 4.58.